The third kappa shape index (κ3) is 6.05. The fourth-order valence-corrected chi connectivity index (χ4v) is 5.02. The van der Waals surface area contributed by atoms with Crippen molar-refractivity contribution >= 4 is 33.4 Å². The van der Waals surface area contributed by atoms with Gasteiger partial charge in [0.1, 0.15) is 0 Å². The minimum Gasteiger partial charge on any atom is -0.325 e. The molecule has 0 bridgehead atoms. The van der Waals surface area contributed by atoms with Crippen LogP contribution in [0, 0.1) is 0 Å². The SMILES string of the molecule is CSc1ccc(S(=O)(=O)NCc2cccc(CN3CCCC3)c2)cc1NC(C)=O. The molecule has 156 valence electrons. The van der Waals surface area contributed by atoms with Crippen LogP contribution in [0.15, 0.2) is 52.3 Å². The summed E-state index contributed by atoms with van der Waals surface area (Å²) < 4.78 is 28.2. The van der Waals surface area contributed by atoms with Gasteiger partial charge in [-0.15, -0.1) is 11.8 Å². The Bertz CT molecular complexity index is 971. The van der Waals surface area contributed by atoms with Crippen molar-refractivity contribution < 1.29 is 13.2 Å². The standard InChI is InChI=1S/C21H27N3O3S2/c1-16(25)23-20-13-19(8-9-21(20)28-2)29(26,27)22-14-17-6-5-7-18(12-17)15-24-10-3-4-11-24/h5-9,12-13,22H,3-4,10-11,14-15H2,1-2H3,(H,23,25). The number of likely N-dealkylation sites (tertiary alicyclic amines) is 1. The summed E-state index contributed by atoms with van der Waals surface area (Å²) in [5, 5.41) is 2.70. The van der Waals surface area contributed by atoms with E-state index in [1.165, 1.54) is 43.2 Å². The van der Waals surface area contributed by atoms with Gasteiger partial charge in [-0.1, -0.05) is 24.3 Å². The highest BCUT2D eigenvalue weighted by atomic mass is 32.2. The zero-order valence-corrected chi connectivity index (χ0v) is 18.4. The fraction of sp³-hybridized carbons (Fsp3) is 0.381. The van der Waals surface area contributed by atoms with Gasteiger partial charge in [0.15, 0.2) is 0 Å². The number of sulfonamides is 1. The number of thioether (sulfide) groups is 1. The largest absolute Gasteiger partial charge is 0.325 e. The van der Waals surface area contributed by atoms with E-state index >= 15 is 0 Å². The molecule has 1 amide bonds. The van der Waals surface area contributed by atoms with Crippen LogP contribution in [0.5, 0.6) is 0 Å². The summed E-state index contributed by atoms with van der Waals surface area (Å²) >= 11 is 1.45. The summed E-state index contributed by atoms with van der Waals surface area (Å²) in [7, 11) is -3.70. The Labute approximate surface area is 177 Å². The van der Waals surface area contributed by atoms with Crippen molar-refractivity contribution in [3.63, 3.8) is 0 Å². The Morgan fingerprint density at radius 2 is 1.83 bits per heavy atom. The number of nitrogens with zero attached hydrogens (tertiary/aromatic N) is 1. The summed E-state index contributed by atoms with van der Waals surface area (Å²) in [6.07, 6.45) is 4.37. The maximum atomic E-state index is 12.8. The molecule has 2 aromatic carbocycles. The van der Waals surface area contributed by atoms with Crippen molar-refractivity contribution in [2.24, 2.45) is 0 Å². The first-order valence-electron chi connectivity index (χ1n) is 9.63. The first-order valence-corrected chi connectivity index (χ1v) is 12.3. The van der Waals surface area contributed by atoms with E-state index in [0.29, 0.717) is 5.69 Å². The molecular formula is C21H27N3O3S2. The van der Waals surface area contributed by atoms with Crippen LogP contribution in [0.4, 0.5) is 5.69 Å². The van der Waals surface area contributed by atoms with Gasteiger partial charge in [0.2, 0.25) is 15.9 Å². The maximum absolute atomic E-state index is 12.8. The molecule has 8 heteroatoms. The number of carbonyl (C=O) groups is 1. The van der Waals surface area contributed by atoms with Crippen LogP contribution in [-0.4, -0.2) is 38.6 Å². The first kappa shape index (κ1) is 21.8. The number of anilines is 1. The second-order valence-electron chi connectivity index (χ2n) is 7.17. The minimum absolute atomic E-state index is 0.132. The van der Waals surface area contributed by atoms with Crippen molar-refractivity contribution in [1.29, 1.82) is 0 Å². The molecule has 0 atom stereocenters. The predicted molar refractivity (Wildman–Crippen MR) is 118 cm³/mol. The maximum Gasteiger partial charge on any atom is 0.240 e. The second-order valence-corrected chi connectivity index (χ2v) is 9.79. The molecule has 1 saturated heterocycles. The van der Waals surface area contributed by atoms with Crippen LogP contribution >= 0.6 is 11.8 Å². The fourth-order valence-electron chi connectivity index (χ4n) is 3.44. The minimum atomic E-state index is -3.70. The molecule has 2 aromatic rings. The van der Waals surface area contributed by atoms with Crippen molar-refractivity contribution in [3.05, 3.63) is 53.6 Å². The van der Waals surface area contributed by atoms with E-state index in [1.807, 2.05) is 18.4 Å². The molecule has 6 nitrogen and oxygen atoms in total. The van der Waals surface area contributed by atoms with Gasteiger partial charge in [-0.2, -0.15) is 0 Å². The van der Waals surface area contributed by atoms with Crippen LogP contribution in [0.2, 0.25) is 0 Å². The van der Waals surface area contributed by atoms with E-state index in [-0.39, 0.29) is 17.3 Å². The molecule has 1 aliphatic heterocycles. The number of hydrogen-bond acceptors (Lipinski definition) is 5. The molecule has 0 saturated carbocycles. The molecule has 2 N–H and O–H groups in total. The number of rotatable bonds is 8. The normalized spacial score (nSPS) is 14.8. The van der Waals surface area contributed by atoms with Crippen molar-refractivity contribution in [2.75, 3.05) is 24.7 Å². The topological polar surface area (TPSA) is 78.5 Å². The summed E-state index contributed by atoms with van der Waals surface area (Å²) in [5.74, 6) is -0.238. The molecule has 1 fully saturated rings. The van der Waals surface area contributed by atoms with E-state index in [9.17, 15) is 13.2 Å². The van der Waals surface area contributed by atoms with Crippen LogP contribution in [-0.2, 0) is 27.9 Å². The summed E-state index contributed by atoms with van der Waals surface area (Å²) in [4.78, 5) is 14.8. The average molecular weight is 434 g/mol. The van der Waals surface area contributed by atoms with Gasteiger partial charge in [-0.3, -0.25) is 9.69 Å². The molecule has 0 spiro atoms. The van der Waals surface area contributed by atoms with Gasteiger partial charge in [-0.25, -0.2) is 13.1 Å². The Morgan fingerprint density at radius 3 is 2.52 bits per heavy atom. The molecule has 0 aliphatic carbocycles. The van der Waals surface area contributed by atoms with Crippen molar-refractivity contribution in [2.45, 2.75) is 42.6 Å². The highest BCUT2D eigenvalue weighted by Gasteiger charge is 2.17. The number of carbonyl (C=O) groups excluding carboxylic acids is 1. The monoisotopic (exact) mass is 433 g/mol. The summed E-state index contributed by atoms with van der Waals surface area (Å²) in [6.45, 7) is 4.77. The predicted octanol–water partition coefficient (Wildman–Crippen LogP) is 3.44. The number of benzene rings is 2. The zero-order chi connectivity index (χ0) is 20.9. The number of hydrogen-bond donors (Lipinski definition) is 2. The number of amides is 1. The Kier molecular flexibility index (Phi) is 7.34. The van der Waals surface area contributed by atoms with Gasteiger partial charge in [0.25, 0.3) is 0 Å². The quantitative estimate of drug-likeness (QED) is 0.624. The Morgan fingerprint density at radius 1 is 1.10 bits per heavy atom. The van der Waals surface area contributed by atoms with E-state index in [2.05, 4.69) is 27.1 Å². The molecule has 1 aliphatic rings. The highest BCUT2D eigenvalue weighted by Crippen LogP contribution is 2.28. The van der Waals surface area contributed by atoms with E-state index < -0.39 is 10.0 Å². The van der Waals surface area contributed by atoms with Gasteiger partial charge < -0.3 is 5.32 Å². The lowest BCUT2D eigenvalue weighted by molar-refractivity contribution is -0.114. The lowest BCUT2D eigenvalue weighted by Gasteiger charge is -2.15. The molecule has 0 unspecified atom stereocenters. The van der Waals surface area contributed by atoms with E-state index in [0.717, 1.165) is 30.1 Å². The van der Waals surface area contributed by atoms with Gasteiger partial charge >= 0.3 is 0 Å². The van der Waals surface area contributed by atoms with E-state index in [1.54, 1.807) is 12.1 Å². The Hall–Kier alpha value is -1.87. The molecule has 0 radical (unpaired) electrons. The second kappa shape index (κ2) is 9.75. The third-order valence-corrected chi connectivity index (χ3v) is 7.05. The summed E-state index contributed by atoms with van der Waals surface area (Å²) in [5.41, 5.74) is 2.62. The molecule has 3 rings (SSSR count). The average Bonchev–Trinajstić information content (AvgIpc) is 3.19. The van der Waals surface area contributed by atoms with Crippen LogP contribution in [0.3, 0.4) is 0 Å². The van der Waals surface area contributed by atoms with E-state index in [4.69, 9.17) is 0 Å². The first-order chi connectivity index (χ1) is 13.9. The van der Waals surface area contributed by atoms with Gasteiger partial charge in [0.05, 0.1) is 10.6 Å². The molecule has 29 heavy (non-hydrogen) atoms. The van der Waals surface area contributed by atoms with Crippen molar-refractivity contribution in [3.8, 4) is 0 Å². The highest BCUT2D eigenvalue weighted by molar-refractivity contribution is 7.98. The van der Waals surface area contributed by atoms with Crippen LogP contribution in [0.1, 0.15) is 30.9 Å². The molecule has 1 heterocycles. The lowest BCUT2D eigenvalue weighted by atomic mass is 10.1. The Balaban J connectivity index is 1.70. The van der Waals surface area contributed by atoms with Crippen LogP contribution in [0.25, 0.3) is 0 Å². The number of nitrogens with one attached hydrogen (secondary N) is 2. The van der Waals surface area contributed by atoms with Crippen LogP contribution < -0.4 is 10.0 Å². The smallest absolute Gasteiger partial charge is 0.240 e. The van der Waals surface area contributed by atoms with Crippen molar-refractivity contribution in [1.82, 2.24) is 9.62 Å². The lowest BCUT2D eigenvalue weighted by Crippen LogP contribution is -2.24. The van der Waals surface area contributed by atoms with Gasteiger partial charge in [0, 0.05) is 24.9 Å². The molecular weight excluding hydrogens is 406 g/mol. The third-order valence-electron chi connectivity index (χ3n) is 4.85. The molecule has 0 aromatic heterocycles. The summed E-state index contributed by atoms with van der Waals surface area (Å²) in [6, 6.07) is 12.8. The zero-order valence-electron chi connectivity index (χ0n) is 16.8. The van der Waals surface area contributed by atoms with Gasteiger partial charge in [-0.05, 0) is 61.5 Å².